The van der Waals surface area contributed by atoms with Gasteiger partial charge in [-0.15, -0.1) is 0 Å². The van der Waals surface area contributed by atoms with Crippen LogP contribution in [0.1, 0.15) is 24.1 Å². The van der Waals surface area contributed by atoms with Crippen molar-refractivity contribution in [3.8, 4) is 0 Å². The lowest BCUT2D eigenvalue weighted by atomic mass is 10.0. The third-order valence-electron chi connectivity index (χ3n) is 2.65. The number of hydrogen-bond acceptors (Lipinski definition) is 3. The summed E-state index contributed by atoms with van der Waals surface area (Å²) in [5.41, 5.74) is 2.37. The minimum absolute atomic E-state index is 0.0745. The zero-order valence-corrected chi connectivity index (χ0v) is 9.81. The quantitative estimate of drug-likeness (QED) is 0.825. The van der Waals surface area contributed by atoms with Crippen LogP contribution in [-0.2, 0) is 0 Å². The lowest BCUT2D eigenvalue weighted by molar-refractivity contribution is 0.579. The highest BCUT2D eigenvalue weighted by atomic mass is 19.1. The number of rotatable bonds is 3. The molecule has 4 heteroatoms. The summed E-state index contributed by atoms with van der Waals surface area (Å²) in [6, 6.07) is 9.44. The van der Waals surface area contributed by atoms with Gasteiger partial charge in [0.15, 0.2) is 0 Å². The second-order valence-electron chi connectivity index (χ2n) is 3.95. The van der Waals surface area contributed by atoms with Crippen LogP contribution >= 0.6 is 0 Å². The summed E-state index contributed by atoms with van der Waals surface area (Å²) in [7, 11) is 0. The highest BCUT2D eigenvalue weighted by Gasteiger charge is 2.08. The monoisotopic (exact) mass is 231 g/mol. The third-order valence-corrected chi connectivity index (χ3v) is 2.65. The van der Waals surface area contributed by atoms with Crippen molar-refractivity contribution >= 4 is 5.82 Å². The van der Waals surface area contributed by atoms with Gasteiger partial charge in [0, 0.05) is 6.07 Å². The van der Waals surface area contributed by atoms with Crippen molar-refractivity contribution in [2.75, 3.05) is 5.32 Å². The topological polar surface area (TPSA) is 37.8 Å². The van der Waals surface area contributed by atoms with E-state index < -0.39 is 5.95 Å². The van der Waals surface area contributed by atoms with Crippen molar-refractivity contribution in [1.29, 1.82) is 0 Å². The zero-order chi connectivity index (χ0) is 12.3. The molecule has 2 aromatic rings. The minimum Gasteiger partial charge on any atom is -0.363 e. The van der Waals surface area contributed by atoms with Crippen LogP contribution in [0.15, 0.2) is 36.7 Å². The summed E-state index contributed by atoms with van der Waals surface area (Å²) < 4.78 is 12.9. The maximum atomic E-state index is 12.9. The number of aromatic nitrogens is 2. The summed E-state index contributed by atoms with van der Waals surface area (Å²) in [4.78, 5) is 7.39. The largest absolute Gasteiger partial charge is 0.363 e. The van der Waals surface area contributed by atoms with Crippen LogP contribution in [0.4, 0.5) is 10.2 Å². The normalized spacial score (nSPS) is 12.2. The first-order chi connectivity index (χ1) is 8.16. The fraction of sp³-hybridized carbons (Fsp3) is 0.231. The van der Waals surface area contributed by atoms with Crippen LogP contribution in [0.25, 0.3) is 0 Å². The summed E-state index contributed by atoms with van der Waals surface area (Å²) >= 11 is 0. The van der Waals surface area contributed by atoms with Crippen molar-refractivity contribution in [2.24, 2.45) is 0 Å². The molecule has 0 aliphatic rings. The molecule has 3 nitrogen and oxygen atoms in total. The van der Waals surface area contributed by atoms with E-state index in [1.54, 1.807) is 0 Å². The second-order valence-corrected chi connectivity index (χ2v) is 3.95. The smallest absolute Gasteiger partial charge is 0.217 e. The van der Waals surface area contributed by atoms with E-state index >= 15 is 0 Å². The second kappa shape index (κ2) is 4.91. The zero-order valence-electron chi connectivity index (χ0n) is 9.81. The molecule has 0 amide bonds. The molecule has 1 unspecified atom stereocenters. The van der Waals surface area contributed by atoms with E-state index in [0.29, 0.717) is 5.82 Å². The van der Waals surface area contributed by atoms with Crippen molar-refractivity contribution in [1.82, 2.24) is 9.97 Å². The molecule has 0 saturated heterocycles. The van der Waals surface area contributed by atoms with Crippen LogP contribution in [-0.4, -0.2) is 9.97 Å². The van der Waals surface area contributed by atoms with Gasteiger partial charge < -0.3 is 5.32 Å². The number of halogens is 1. The fourth-order valence-corrected chi connectivity index (χ4v) is 1.78. The number of nitrogens with one attached hydrogen (secondary N) is 1. The molecule has 1 heterocycles. The van der Waals surface area contributed by atoms with Gasteiger partial charge in [-0.1, -0.05) is 24.3 Å². The predicted molar refractivity (Wildman–Crippen MR) is 65.2 cm³/mol. The summed E-state index contributed by atoms with van der Waals surface area (Å²) in [6.45, 7) is 4.07. The first kappa shape index (κ1) is 11.5. The highest BCUT2D eigenvalue weighted by Crippen LogP contribution is 2.20. The summed E-state index contributed by atoms with van der Waals surface area (Å²) in [6.07, 6.45) is 1.21. The van der Waals surface area contributed by atoms with Crippen molar-refractivity contribution in [2.45, 2.75) is 19.9 Å². The third kappa shape index (κ3) is 2.78. The van der Waals surface area contributed by atoms with Crippen LogP contribution < -0.4 is 5.32 Å². The molecule has 17 heavy (non-hydrogen) atoms. The molecule has 0 radical (unpaired) electrons. The van der Waals surface area contributed by atoms with Crippen molar-refractivity contribution in [3.63, 3.8) is 0 Å². The Morgan fingerprint density at radius 3 is 2.71 bits per heavy atom. The van der Waals surface area contributed by atoms with E-state index in [0.717, 1.165) is 0 Å². The standard InChI is InChI=1S/C13H14FN3/c1-9-5-3-4-6-11(9)10(2)17-13-7-12(14)15-8-16-13/h3-8,10H,1-2H3,(H,15,16,17). The van der Waals surface area contributed by atoms with Gasteiger partial charge in [-0.3, -0.25) is 0 Å². The number of aryl methyl sites for hydroxylation is 1. The Kier molecular flexibility index (Phi) is 3.32. The number of nitrogens with zero attached hydrogens (tertiary/aromatic N) is 2. The van der Waals surface area contributed by atoms with Gasteiger partial charge in [-0.05, 0) is 25.0 Å². The molecule has 1 atom stereocenters. The molecule has 2 rings (SSSR count). The average Bonchev–Trinajstić information content (AvgIpc) is 2.29. The Hall–Kier alpha value is -1.97. The van der Waals surface area contributed by atoms with Gasteiger partial charge in [-0.25, -0.2) is 9.97 Å². The van der Waals surface area contributed by atoms with E-state index in [1.807, 2.05) is 38.1 Å². The van der Waals surface area contributed by atoms with Gasteiger partial charge in [0.2, 0.25) is 5.95 Å². The number of hydrogen-bond donors (Lipinski definition) is 1. The Morgan fingerprint density at radius 1 is 1.24 bits per heavy atom. The molecule has 0 aliphatic carbocycles. The van der Waals surface area contributed by atoms with Gasteiger partial charge in [0.1, 0.15) is 12.1 Å². The molecule has 0 bridgehead atoms. The maximum Gasteiger partial charge on any atom is 0.217 e. The van der Waals surface area contributed by atoms with E-state index in [2.05, 4.69) is 15.3 Å². The van der Waals surface area contributed by atoms with Gasteiger partial charge >= 0.3 is 0 Å². The van der Waals surface area contributed by atoms with Crippen LogP contribution in [0.2, 0.25) is 0 Å². The number of benzene rings is 1. The van der Waals surface area contributed by atoms with E-state index in [9.17, 15) is 4.39 Å². The first-order valence-corrected chi connectivity index (χ1v) is 5.46. The van der Waals surface area contributed by atoms with E-state index in [4.69, 9.17) is 0 Å². The maximum absolute atomic E-state index is 12.9. The fourth-order valence-electron chi connectivity index (χ4n) is 1.78. The van der Waals surface area contributed by atoms with Crippen LogP contribution in [0, 0.1) is 12.9 Å². The van der Waals surface area contributed by atoms with Gasteiger partial charge in [0.05, 0.1) is 6.04 Å². The average molecular weight is 231 g/mol. The molecule has 0 spiro atoms. The van der Waals surface area contributed by atoms with Gasteiger partial charge in [0.25, 0.3) is 0 Å². The summed E-state index contributed by atoms with van der Waals surface area (Å²) in [5, 5.41) is 3.15. The molecule has 88 valence electrons. The lowest BCUT2D eigenvalue weighted by Gasteiger charge is -2.16. The molecule has 1 N–H and O–H groups in total. The first-order valence-electron chi connectivity index (χ1n) is 5.46. The molecule has 0 fully saturated rings. The van der Waals surface area contributed by atoms with Crippen molar-refractivity contribution in [3.05, 3.63) is 53.7 Å². The molecule has 1 aromatic heterocycles. The Labute approximate surface area is 99.7 Å². The predicted octanol–water partition coefficient (Wildman–Crippen LogP) is 3.10. The SMILES string of the molecule is Cc1ccccc1C(C)Nc1cc(F)ncn1. The van der Waals surface area contributed by atoms with Crippen LogP contribution in [0.5, 0.6) is 0 Å². The Balaban J connectivity index is 2.17. The highest BCUT2D eigenvalue weighted by molar-refractivity contribution is 5.39. The molecule has 0 saturated carbocycles. The lowest BCUT2D eigenvalue weighted by Crippen LogP contribution is -2.09. The minimum atomic E-state index is -0.528. The van der Waals surface area contributed by atoms with Crippen molar-refractivity contribution < 1.29 is 4.39 Å². The molecule has 0 aliphatic heterocycles. The molecular formula is C13H14FN3. The Bertz CT molecular complexity index is 514. The van der Waals surface area contributed by atoms with Gasteiger partial charge in [-0.2, -0.15) is 4.39 Å². The van der Waals surface area contributed by atoms with E-state index in [1.165, 1.54) is 23.5 Å². The van der Waals surface area contributed by atoms with Crippen LogP contribution in [0.3, 0.4) is 0 Å². The molecule has 1 aromatic carbocycles. The summed E-state index contributed by atoms with van der Waals surface area (Å²) in [5.74, 6) is -0.0345. The Morgan fingerprint density at radius 2 is 2.00 bits per heavy atom. The van der Waals surface area contributed by atoms with E-state index in [-0.39, 0.29) is 6.04 Å². The number of anilines is 1. The molecular weight excluding hydrogens is 217 g/mol.